The molecular formula is C22H21F3N2O3. The molecule has 0 unspecified atom stereocenters. The first-order chi connectivity index (χ1) is 14.4. The van der Waals surface area contributed by atoms with Crippen LogP contribution in [0.15, 0.2) is 60.7 Å². The van der Waals surface area contributed by atoms with Crippen LogP contribution in [0.25, 0.3) is 6.08 Å². The minimum absolute atomic E-state index is 0.0635. The summed E-state index contributed by atoms with van der Waals surface area (Å²) >= 11 is 0. The van der Waals surface area contributed by atoms with Crippen LogP contribution in [-0.2, 0) is 15.7 Å². The van der Waals surface area contributed by atoms with Gasteiger partial charge in [-0.1, -0.05) is 48.6 Å². The molecule has 4 atom stereocenters. The van der Waals surface area contributed by atoms with Crippen LogP contribution in [0.4, 0.5) is 23.7 Å². The zero-order valence-corrected chi connectivity index (χ0v) is 15.9. The van der Waals surface area contributed by atoms with E-state index >= 15 is 0 Å². The molecule has 2 fully saturated rings. The predicted molar refractivity (Wildman–Crippen MR) is 106 cm³/mol. The Kier molecular flexibility index (Phi) is 5.78. The number of anilines is 1. The van der Waals surface area contributed by atoms with Gasteiger partial charge in [0, 0.05) is 11.6 Å². The maximum absolute atomic E-state index is 12.8. The van der Waals surface area contributed by atoms with Crippen molar-refractivity contribution in [3.05, 3.63) is 71.8 Å². The van der Waals surface area contributed by atoms with Gasteiger partial charge in [-0.2, -0.15) is 13.2 Å². The lowest BCUT2D eigenvalue weighted by Crippen LogP contribution is -2.45. The number of amides is 2. The number of carbonyl (C=O) groups excluding carboxylic acids is 1. The molecule has 0 spiro atoms. The lowest BCUT2D eigenvalue weighted by molar-refractivity contribution is -0.137. The SMILES string of the molecule is O=C(Nc1cccc(C(F)(F)F)c1)N[C@H]1CO[C@H]2[C@@H]1OC[C@@H]2C=Cc1ccccc1. The fourth-order valence-electron chi connectivity index (χ4n) is 3.73. The Morgan fingerprint density at radius 3 is 2.53 bits per heavy atom. The number of nitrogens with one attached hydrogen (secondary N) is 2. The zero-order chi connectivity index (χ0) is 21.1. The number of fused-ring (bicyclic) bond motifs is 1. The van der Waals surface area contributed by atoms with E-state index in [9.17, 15) is 18.0 Å². The van der Waals surface area contributed by atoms with Crippen LogP contribution in [0.5, 0.6) is 0 Å². The first kappa shape index (κ1) is 20.4. The van der Waals surface area contributed by atoms with Crippen LogP contribution in [-0.4, -0.2) is 37.5 Å². The highest BCUT2D eigenvalue weighted by molar-refractivity contribution is 5.89. The number of alkyl halides is 3. The highest BCUT2D eigenvalue weighted by Crippen LogP contribution is 2.33. The summed E-state index contributed by atoms with van der Waals surface area (Å²) in [7, 11) is 0. The van der Waals surface area contributed by atoms with Gasteiger partial charge in [0.15, 0.2) is 0 Å². The standard InChI is InChI=1S/C22H21F3N2O3/c23-22(24,25)16-7-4-8-17(11-16)26-21(28)27-18-13-30-19-15(12-29-20(18)19)10-9-14-5-2-1-3-6-14/h1-11,15,18-20H,12-13H2,(H2,26,27,28)/t15-,18-,19+,20+/m0/s1. The van der Waals surface area contributed by atoms with Crippen molar-refractivity contribution < 1.29 is 27.4 Å². The molecule has 158 valence electrons. The number of urea groups is 1. The number of ether oxygens (including phenoxy) is 2. The average molecular weight is 418 g/mol. The fourth-order valence-corrected chi connectivity index (χ4v) is 3.73. The molecule has 0 saturated carbocycles. The van der Waals surface area contributed by atoms with Crippen molar-refractivity contribution in [1.82, 2.24) is 5.32 Å². The minimum Gasteiger partial charge on any atom is -0.373 e. The number of halogens is 3. The quantitative estimate of drug-likeness (QED) is 0.778. The molecule has 2 aromatic carbocycles. The first-order valence-corrected chi connectivity index (χ1v) is 9.61. The second kappa shape index (κ2) is 8.49. The topological polar surface area (TPSA) is 59.6 Å². The van der Waals surface area contributed by atoms with Gasteiger partial charge >= 0.3 is 12.2 Å². The summed E-state index contributed by atoms with van der Waals surface area (Å²) in [6.07, 6.45) is -0.890. The van der Waals surface area contributed by atoms with Gasteiger partial charge in [-0.15, -0.1) is 0 Å². The van der Waals surface area contributed by atoms with E-state index in [-0.39, 0.29) is 36.5 Å². The second-order valence-corrected chi connectivity index (χ2v) is 7.31. The van der Waals surface area contributed by atoms with E-state index in [1.54, 1.807) is 0 Å². The number of hydrogen-bond acceptors (Lipinski definition) is 3. The van der Waals surface area contributed by atoms with Gasteiger partial charge in [0.2, 0.25) is 0 Å². The van der Waals surface area contributed by atoms with Gasteiger partial charge in [0.25, 0.3) is 0 Å². The normalized spacial score (nSPS) is 26.0. The van der Waals surface area contributed by atoms with E-state index in [2.05, 4.69) is 10.6 Å². The van der Waals surface area contributed by atoms with Gasteiger partial charge in [0.05, 0.1) is 30.9 Å². The Bertz CT molecular complexity index is 917. The van der Waals surface area contributed by atoms with E-state index in [1.807, 2.05) is 42.5 Å². The highest BCUT2D eigenvalue weighted by Gasteiger charge is 2.47. The molecule has 2 saturated heterocycles. The van der Waals surface area contributed by atoms with E-state index in [0.717, 1.165) is 17.7 Å². The number of rotatable bonds is 4. The molecule has 2 heterocycles. The maximum atomic E-state index is 12.8. The van der Waals surface area contributed by atoms with Crippen LogP contribution < -0.4 is 10.6 Å². The van der Waals surface area contributed by atoms with E-state index in [1.165, 1.54) is 12.1 Å². The summed E-state index contributed by atoms with van der Waals surface area (Å²) in [5.41, 5.74) is 0.319. The third-order valence-electron chi connectivity index (χ3n) is 5.19. The van der Waals surface area contributed by atoms with Gasteiger partial charge in [-0.05, 0) is 23.8 Å². The fraction of sp³-hybridized carbons (Fsp3) is 0.318. The third kappa shape index (κ3) is 4.66. The largest absolute Gasteiger partial charge is 0.416 e. The number of hydrogen-bond donors (Lipinski definition) is 2. The molecule has 8 heteroatoms. The van der Waals surface area contributed by atoms with Crippen LogP contribution in [0.3, 0.4) is 0 Å². The van der Waals surface area contributed by atoms with E-state index in [4.69, 9.17) is 9.47 Å². The summed E-state index contributed by atoms with van der Waals surface area (Å²) in [4.78, 5) is 12.3. The Labute approximate surface area is 171 Å². The average Bonchev–Trinajstić information content (AvgIpc) is 3.30. The van der Waals surface area contributed by atoms with Crippen LogP contribution in [0.1, 0.15) is 11.1 Å². The summed E-state index contributed by atoms with van der Waals surface area (Å²) in [6.45, 7) is 0.757. The minimum atomic E-state index is -4.47. The molecule has 2 aliphatic rings. The van der Waals surface area contributed by atoms with Crippen molar-refractivity contribution in [2.24, 2.45) is 5.92 Å². The van der Waals surface area contributed by atoms with Gasteiger partial charge in [0.1, 0.15) is 6.10 Å². The van der Waals surface area contributed by atoms with E-state index < -0.39 is 17.8 Å². The molecule has 0 aliphatic carbocycles. The molecule has 4 rings (SSSR count). The van der Waals surface area contributed by atoms with Crippen LogP contribution >= 0.6 is 0 Å². The molecule has 0 bridgehead atoms. The molecule has 0 aromatic heterocycles. The van der Waals surface area contributed by atoms with Crippen molar-refractivity contribution in [2.45, 2.75) is 24.4 Å². The Morgan fingerprint density at radius 2 is 1.77 bits per heavy atom. The van der Waals surface area contributed by atoms with Crippen molar-refractivity contribution in [3.63, 3.8) is 0 Å². The lowest BCUT2D eigenvalue weighted by Gasteiger charge is -2.18. The Hall–Kier alpha value is -2.84. The monoisotopic (exact) mass is 418 g/mol. The van der Waals surface area contributed by atoms with Crippen molar-refractivity contribution >= 4 is 17.8 Å². The van der Waals surface area contributed by atoms with E-state index in [0.29, 0.717) is 6.61 Å². The molecular weight excluding hydrogens is 397 g/mol. The Balaban J connectivity index is 1.33. The lowest BCUT2D eigenvalue weighted by atomic mass is 9.99. The zero-order valence-electron chi connectivity index (χ0n) is 15.9. The Morgan fingerprint density at radius 1 is 1.00 bits per heavy atom. The maximum Gasteiger partial charge on any atom is 0.416 e. The molecule has 2 amide bonds. The van der Waals surface area contributed by atoms with Gasteiger partial charge in [-0.3, -0.25) is 0 Å². The smallest absolute Gasteiger partial charge is 0.373 e. The first-order valence-electron chi connectivity index (χ1n) is 9.61. The molecule has 2 aliphatic heterocycles. The number of benzene rings is 2. The summed E-state index contributed by atoms with van der Waals surface area (Å²) < 4.78 is 50.1. The van der Waals surface area contributed by atoms with Crippen LogP contribution in [0.2, 0.25) is 0 Å². The summed E-state index contributed by atoms with van der Waals surface area (Å²) in [6, 6.07) is 13.4. The van der Waals surface area contributed by atoms with Crippen molar-refractivity contribution in [3.8, 4) is 0 Å². The van der Waals surface area contributed by atoms with Gasteiger partial charge in [-0.25, -0.2) is 4.79 Å². The predicted octanol–water partition coefficient (Wildman–Crippen LogP) is 4.32. The van der Waals surface area contributed by atoms with Crippen LogP contribution in [0, 0.1) is 5.92 Å². The van der Waals surface area contributed by atoms with Crippen molar-refractivity contribution in [2.75, 3.05) is 18.5 Å². The molecule has 2 N–H and O–H groups in total. The third-order valence-corrected chi connectivity index (χ3v) is 5.19. The summed E-state index contributed by atoms with van der Waals surface area (Å²) in [5, 5.41) is 5.19. The summed E-state index contributed by atoms with van der Waals surface area (Å²) in [5.74, 6) is 0.0635. The van der Waals surface area contributed by atoms with Gasteiger partial charge < -0.3 is 20.1 Å². The molecule has 30 heavy (non-hydrogen) atoms. The molecule has 2 aromatic rings. The number of carbonyl (C=O) groups is 1. The molecule has 5 nitrogen and oxygen atoms in total. The second-order valence-electron chi connectivity index (χ2n) is 7.31. The molecule has 0 radical (unpaired) electrons. The highest BCUT2D eigenvalue weighted by atomic mass is 19.4. The van der Waals surface area contributed by atoms with Crippen molar-refractivity contribution in [1.29, 1.82) is 0 Å².